The van der Waals surface area contributed by atoms with Crippen LogP contribution < -0.4 is 11.1 Å². The number of nitrogens with one attached hydrogen (secondary N) is 1. The average Bonchev–Trinajstić information content (AvgIpc) is 2.26. The van der Waals surface area contributed by atoms with Crippen molar-refractivity contribution in [2.45, 2.75) is 0 Å². The largest absolute Gasteiger partial charge is 0.378 e. The third kappa shape index (κ3) is 2.84. The van der Waals surface area contributed by atoms with Crippen LogP contribution in [0.5, 0.6) is 0 Å². The van der Waals surface area contributed by atoms with Gasteiger partial charge in [0.1, 0.15) is 5.69 Å². The minimum absolute atomic E-state index is 0.0784. The second-order valence-corrected chi connectivity index (χ2v) is 2.86. The lowest BCUT2D eigenvalue weighted by atomic mass is 10.2. The Hall–Kier alpha value is -2.31. The van der Waals surface area contributed by atoms with E-state index in [-0.39, 0.29) is 5.69 Å². The van der Waals surface area contributed by atoms with E-state index < -0.39 is 4.92 Å². The lowest BCUT2D eigenvalue weighted by Gasteiger charge is -2.05. The van der Waals surface area contributed by atoms with Crippen LogP contribution in [-0.4, -0.2) is 18.0 Å². The van der Waals surface area contributed by atoms with E-state index in [1.165, 1.54) is 18.2 Å². The second kappa shape index (κ2) is 5.54. The van der Waals surface area contributed by atoms with Crippen LogP contribution in [0.15, 0.2) is 23.3 Å². The van der Waals surface area contributed by atoms with Crippen LogP contribution >= 0.6 is 0 Å². The number of anilines is 1. The first-order valence-corrected chi connectivity index (χ1v) is 4.46. The van der Waals surface area contributed by atoms with Gasteiger partial charge < -0.3 is 11.1 Å². The number of nitrogens with zero attached hydrogens (tertiary/aromatic N) is 4. The molecule has 8 heteroatoms. The van der Waals surface area contributed by atoms with Gasteiger partial charge >= 0.3 is 0 Å². The second-order valence-electron chi connectivity index (χ2n) is 2.86. The molecule has 0 fully saturated rings. The van der Waals surface area contributed by atoms with Crippen molar-refractivity contribution in [3.8, 4) is 0 Å². The highest BCUT2D eigenvalue weighted by Gasteiger charge is 2.12. The van der Waals surface area contributed by atoms with Crippen molar-refractivity contribution in [2.24, 2.45) is 10.8 Å². The Morgan fingerprint density at radius 3 is 2.94 bits per heavy atom. The van der Waals surface area contributed by atoms with Crippen molar-refractivity contribution in [3.63, 3.8) is 0 Å². The van der Waals surface area contributed by atoms with Crippen LogP contribution in [0.3, 0.4) is 0 Å². The highest BCUT2D eigenvalue weighted by molar-refractivity contribution is 5.67. The fraction of sp³-hybridized carbons (Fsp3) is 0.250. The topological polar surface area (TPSA) is 130 Å². The van der Waals surface area contributed by atoms with Crippen LogP contribution in [0, 0.1) is 10.1 Å². The number of hydrogen-bond acceptors (Lipinski definition) is 5. The molecule has 0 aliphatic heterocycles. The van der Waals surface area contributed by atoms with Gasteiger partial charge in [-0.3, -0.25) is 10.1 Å². The Bertz CT molecular complexity index is 440. The molecule has 0 amide bonds. The van der Waals surface area contributed by atoms with Crippen LogP contribution in [0.2, 0.25) is 0 Å². The molecule has 0 spiro atoms. The van der Waals surface area contributed by atoms with Gasteiger partial charge in [-0.05, 0) is 17.7 Å². The lowest BCUT2D eigenvalue weighted by Crippen LogP contribution is -2.13. The first kappa shape index (κ1) is 11.8. The molecule has 1 rings (SSSR count). The van der Waals surface area contributed by atoms with E-state index in [4.69, 9.17) is 11.3 Å². The fourth-order valence-electron chi connectivity index (χ4n) is 1.15. The molecule has 0 aromatic heterocycles. The van der Waals surface area contributed by atoms with Crippen LogP contribution in [-0.2, 0) is 0 Å². The minimum atomic E-state index is -0.515. The Morgan fingerprint density at radius 2 is 2.38 bits per heavy atom. The summed E-state index contributed by atoms with van der Waals surface area (Å²) < 4.78 is 0. The number of nitro groups is 1. The molecule has 0 saturated heterocycles. The quantitative estimate of drug-likeness (QED) is 0.259. The van der Waals surface area contributed by atoms with E-state index in [2.05, 4.69) is 15.3 Å². The number of nitrogens with two attached hydrogens (primary N) is 1. The summed E-state index contributed by atoms with van der Waals surface area (Å²) in [6.45, 7) is 0.753. The van der Waals surface area contributed by atoms with Crippen molar-refractivity contribution >= 4 is 17.1 Å². The molecule has 3 N–H and O–H groups in total. The molecule has 1 aromatic carbocycles. The summed E-state index contributed by atoms with van der Waals surface area (Å²) in [6.07, 6.45) is 0. The smallest absolute Gasteiger partial charge is 0.292 e. The molecule has 1 aromatic rings. The maximum atomic E-state index is 10.7. The van der Waals surface area contributed by atoms with E-state index in [1.807, 2.05) is 0 Å². The Labute approximate surface area is 90.8 Å². The monoisotopic (exact) mass is 222 g/mol. The van der Waals surface area contributed by atoms with E-state index in [1.54, 1.807) is 0 Å². The van der Waals surface area contributed by atoms with Gasteiger partial charge in [0.05, 0.1) is 4.92 Å². The third-order valence-corrected chi connectivity index (χ3v) is 1.80. The van der Waals surface area contributed by atoms with Gasteiger partial charge in [-0.25, -0.2) is 0 Å². The van der Waals surface area contributed by atoms with Crippen molar-refractivity contribution < 1.29 is 4.92 Å². The standard InChI is InChI=1S/C8H10N6O2/c9-3-4-11-7-5-6(12-13-10)1-2-8(7)14(15)16/h1-2,5,11H,3-4,9H2. The van der Waals surface area contributed by atoms with Crippen molar-refractivity contribution in [2.75, 3.05) is 18.4 Å². The summed E-state index contributed by atoms with van der Waals surface area (Å²) >= 11 is 0. The maximum absolute atomic E-state index is 10.7. The molecule has 0 aliphatic carbocycles. The summed E-state index contributed by atoms with van der Waals surface area (Å²) in [5.41, 5.74) is 14.1. The summed E-state index contributed by atoms with van der Waals surface area (Å²) in [4.78, 5) is 12.8. The van der Waals surface area contributed by atoms with Gasteiger partial charge in [-0.15, -0.1) is 0 Å². The lowest BCUT2D eigenvalue weighted by molar-refractivity contribution is -0.383. The predicted octanol–water partition coefficient (Wildman–Crippen LogP) is 1.91. The number of nitro benzene ring substituents is 1. The zero-order valence-corrected chi connectivity index (χ0v) is 8.33. The summed E-state index contributed by atoms with van der Waals surface area (Å²) in [5.74, 6) is 0. The number of azide groups is 1. The van der Waals surface area contributed by atoms with Crippen LogP contribution in [0.25, 0.3) is 10.4 Å². The molecular formula is C8H10N6O2. The average molecular weight is 222 g/mol. The number of benzene rings is 1. The number of hydrogen-bond donors (Lipinski definition) is 2. The van der Waals surface area contributed by atoms with Gasteiger partial charge in [-0.2, -0.15) is 0 Å². The molecule has 0 aliphatic rings. The summed E-state index contributed by atoms with van der Waals surface area (Å²) in [5, 5.41) is 16.8. The highest BCUT2D eigenvalue weighted by Crippen LogP contribution is 2.28. The summed E-state index contributed by atoms with van der Waals surface area (Å²) in [7, 11) is 0. The van der Waals surface area contributed by atoms with Crippen molar-refractivity contribution in [1.82, 2.24) is 0 Å². The third-order valence-electron chi connectivity index (χ3n) is 1.80. The SMILES string of the molecule is [N-]=[N+]=Nc1ccc([N+](=O)[O-])c(NCCN)c1. The highest BCUT2D eigenvalue weighted by atomic mass is 16.6. The van der Waals surface area contributed by atoms with E-state index in [9.17, 15) is 10.1 Å². The van der Waals surface area contributed by atoms with Gasteiger partial charge in [-0.1, -0.05) is 5.11 Å². The van der Waals surface area contributed by atoms with Crippen LogP contribution in [0.1, 0.15) is 0 Å². The molecule has 0 radical (unpaired) electrons. The molecule has 16 heavy (non-hydrogen) atoms. The Kier molecular flexibility index (Phi) is 4.07. The molecule has 84 valence electrons. The van der Waals surface area contributed by atoms with E-state index in [0.717, 1.165) is 0 Å². The van der Waals surface area contributed by atoms with Crippen LogP contribution in [0.4, 0.5) is 17.1 Å². The molecule has 0 saturated carbocycles. The minimum Gasteiger partial charge on any atom is -0.378 e. The van der Waals surface area contributed by atoms with E-state index >= 15 is 0 Å². The Morgan fingerprint density at radius 1 is 1.62 bits per heavy atom. The van der Waals surface area contributed by atoms with Gasteiger partial charge in [0.2, 0.25) is 0 Å². The maximum Gasteiger partial charge on any atom is 0.292 e. The number of rotatable bonds is 5. The molecule has 0 unspecified atom stereocenters. The molecule has 0 bridgehead atoms. The zero-order valence-electron chi connectivity index (χ0n) is 8.33. The molecule has 0 heterocycles. The molecule has 8 nitrogen and oxygen atoms in total. The fourth-order valence-corrected chi connectivity index (χ4v) is 1.15. The van der Waals surface area contributed by atoms with Gasteiger partial charge in [0, 0.05) is 29.8 Å². The molecule has 0 atom stereocenters. The zero-order chi connectivity index (χ0) is 12.0. The van der Waals surface area contributed by atoms with Gasteiger partial charge in [0.15, 0.2) is 0 Å². The van der Waals surface area contributed by atoms with E-state index in [0.29, 0.717) is 24.5 Å². The van der Waals surface area contributed by atoms with Gasteiger partial charge in [0.25, 0.3) is 5.69 Å². The normalized spacial score (nSPS) is 9.31. The molecular weight excluding hydrogens is 212 g/mol. The Balaban J connectivity index is 3.09. The first-order valence-electron chi connectivity index (χ1n) is 4.46. The first-order chi connectivity index (χ1) is 7.69. The predicted molar refractivity (Wildman–Crippen MR) is 59.4 cm³/mol. The van der Waals surface area contributed by atoms with Crippen molar-refractivity contribution in [1.29, 1.82) is 0 Å². The summed E-state index contributed by atoms with van der Waals surface area (Å²) in [6, 6.07) is 4.07. The van der Waals surface area contributed by atoms with Crippen molar-refractivity contribution in [3.05, 3.63) is 38.8 Å².